The summed E-state index contributed by atoms with van der Waals surface area (Å²) in [5.41, 5.74) is 3.54. The fraction of sp³-hybridized carbons (Fsp3) is 0.240. The van der Waals surface area contributed by atoms with Crippen LogP contribution in [-0.4, -0.2) is 35.3 Å². The highest BCUT2D eigenvalue weighted by atomic mass is 16.6. The second kappa shape index (κ2) is 9.89. The Morgan fingerprint density at radius 2 is 1.52 bits per heavy atom. The quantitative estimate of drug-likeness (QED) is 0.385. The van der Waals surface area contributed by atoms with E-state index in [9.17, 15) is 14.4 Å². The number of esters is 1. The molecule has 0 bridgehead atoms. The van der Waals surface area contributed by atoms with Gasteiger partial charge >= 0.3 is 5.97 Å². The lowest BCUT2D eigenvalue weighted by atomic mass is 10.0. The number of benzene rings is 2. The zero-order valence-electron chi connectivity index (χ0n) is 17.9. The van der Waals surface area contributed by atoms with Crippen LogP contribution in [0.1, 0.15) is 44.6 Å². The van der Waals surface area contributed by atoms with Crippen LogP contribution < -0.4 is 4.74 Å². The van der Waals surface area contributed by atoms with Gasteiger partial charge in [-0.1, -0.05) is 30.3 Å². The van der Waals surface area contributed by atoms with Gasteiger partial charge in [0.1, 0.15) is 5.75 Å². The lowest BCUT2D eigenvalue weighted by Gasteiger charge is -2.08. The summed E-state index contributed by atoms with van der Waals surface area (Å²) >= 11 is 0. The lowest BCUT2D eigenvalue weighted by Crippen LogP contribution is -2.20. The number of hydrogen-bond donors (Lipinski definition) is 0. The number of carbonyl (C=O) groups is 3. The van der Waals surface area contributed by atoms with E-state index in [1.54, 1.807) is 36.4 Å². The minimum atomic E-state index is -0.637. The Kier molecular flexibility index (Phi) is 7.03. The molecular weight excluding hydrogens is 394 g/mol. The van der Waals surface area contributed by atoms with Crippen LogP contribution in [0.15, 0.2) is 60.7 Å². The Balaban J connectivity index is 1.49. The molecule has 0 aliphatic rings. The van der Waals surface area contributed by atoms with Gasteiger partial charge in [-0.15, -0.1) is 0 Å². The molecule has 3 aromatic rings. The van der Waals surface area contributed by atoms with Gasteiger partial charge in [0.25, 0.3) is 0 Å². The number of hydrogen-bond acceptors (Lipinski definition) is 5. The van der Waals surface area contributed by atoms with Crippen molar-refractivity contribution < 1.29 is 23.9 Å². The highest BCUT2D eigenvalue weighted by Crippen LogP contribution is 2.17. The molecule has 0 unspecified atom stereocenters. The Morgan fingerprint density at radius 3 is 2.13 bits per heavy atom. The van der Waals surface area contributed by atoms with Gasteiger partial charge in [0.2, 0.25) is 5.78 Å². The molecule has 0 fully saturated rings. The second-order valence-corrected chi connectivity index (χ2v) is 7.12. The third-order valence-corrected chi connectivity index (χ3v) is 5.06. The summed E-state index contributed by atoms with van der Waals surface area (Å²) in [6.45, 7) is 5.94. The third-order valence-electron chi connectivity index (χ3n) is 5.06. The van der Waals surface area contributed by atoms with E-state index in [1.165, 1.54) is 0 Å². The number of Topliss-reactive ketones (excluding diaryl/α,β-unsaturated/α-hetero) is 1. The maximum absolute atomic E-state index is 12.4. The van der Waals surface area contributed by atoms with Gasteiger partial charge in [0, 0.05) is 34.6 Å². The molecule has 31 heavy (non-hydrogen) atoms. The maximum atomic E-state index is 12.4. The summed E-state index contributed by atoms with van der Waals surface area (Å²) in [5.74, 6) is -0.543. The minimum absolute atomic E-state index is 0.0903. The monoisotopic (exact) mass is 419 g/mol. The van der Waals surface area contributed by atoms with Crippen LogP contribution in [-0.2, 0) is 16.1 Å². The smallest absolute Gasteiger partial charge is 0.344 e. The molecule has 0 aliphatic heterocycles. The Morgan fingerprint density at radius 1 is 0.871 bits per heavy atom. The van der Waals surface area contributed by atoms with Crippen LogP contribution >= 0.6 is 0 Å². The maximum Gasteiger partial charge on any atom is 0.344 e. The minimum Gasteiger partial charge on any atom is -0.482 e. The average molecular weight is 419 g/mol. The van der Waals surface area contributed by atoms with Crippen molar-refractivity contribution in [3.8, 4) is 5.75 Å². The molecule has 0 aliphatic carbocycles. The zero-order valence-corrected chi connectivity index (χ0v) is 17.9. The number of aryl methyl sites for hydroxylation is 1. The molecule has 0 amide bonds. The highest BCUT2D eigenvalue weighted by molar-refractivity contribution is 6.09. The van der Waals surface area contributed by atoms with Crippen molar-refractivity contribution in [2.45, 2.75) is 27.3 Å². The first-order chi connectivity index (χ1) is 14.9. The molecule has 1 heterocycles. The molecule has 6 nitrogen and oxygen atoms in total. The van der Waals surface area contributed by atoms with E-state index in [1.807, 2.05) is 49.6 Å². The summed E-state index contributed by atoms with van der Waals surface area (Å²) in [5, 5.41) is 0. The SMILES string of the molecule is CCn1c(C)cc(C(=O)COC(=O)COc2ccc(C(=O)c3ccccc3)cc2)c1C. The summed E-state index contributed by atoms with van der Waals surface area (Å²) < 4.78 is 12.5. The van der Waals surface area contributed by atoms with Crippen LogP contribution in [0.2, 0.25) is 0 Å². The number of carbonyl (C=O) groups excluding carboxylic acids is 3. The van der Waals surface area contributed by atoms with E-state index in [-0.39, 0.29) is 24.8 Å². The van der Waals surface area contributed by atoms with E-state index in [0.29, 0.717) is 22.4 Å². The molecule has 2 aromatic carbocycles. The van der Waals surface area contributed by atoms with Crippen molar-refractivity contribution in [3.05, 3.63) is 88.7 Å². The van der Waals surface area contributed by atoms with Crippen molar-refractivity contribution >= 4 is 17.5 Å². The van der Waals surface area contributed by atoms with Crippen molar-refractivity contribution in [3.63, 3.8) is 0 Å². The van der Waals surface area contributed by atoms with Crippen molar-refractivity contribution in [2.24, 2.45) is 0 Å². The van der Waals surface area contributed by atoms with Gasteiger partial charge in [-0.3, -0.25) is 9.59 Å². The Labute approximate surface area is 181 Å². The molecule has 0 atom stereocenters. The average Bonchev–Trinajstić information content (AvgIpc) is 3.09. The molecule has 160 valence electrons. The molecule has 1 aromatic heterocycles. The Hall–Kier alpha value is -3.67. The molecule has 0 N–H and O–H groups in total. The van der Waals surface area contributed by atoms with E-state index in [2.05, 4.69) is 0 Å². The third kappa shape index (κ3) is 5.28. The van der Waals surface area contributed by atoms with E-state index < -0.39 is 5.97 Å². The zero-order chi connectivity index (χ0) is 22.4. The predicted molar refractivity (Wildman–Crippen MR) is 117 cm³/mol. The fourth-order valence-corrected chi connectivity index (χ4v) is 3.44. The molecule has 0 saturated carbocycles. The molecule has 0 saturated heterocycles. The van der Waals surface area contributed by atoms with Crippen LogP contribution in [0.4, 0.5) is 0 Å². The second-order valence-electron chi connectivity index (χ2n) is 7.12. The summed E-state index contributed by atoms with van der Waals surface area (Å²) in [6.07, 6.45) is 0. The van der Waals surface area contributed by atoms with Gasteiger partial charge in [-0.25, -0.2) is 4.79 Å². The number of ketones is 2. The molecule has 3 rings (SSSR count). The molecule has 6 heteroatoms. The normalized spacial score (nSPS) is 10.5. The van der Waals surface area contributed by atoms with Crippen LogP contribution in [0.3, 0.4) is 0 Å². The van der Waals surface area contributed by atoms with Crippen molar-refractivity contribution in [2.75, 3.05) is 13.2 Å². The molecule has 0 radical (unpaired) electrons. The van der Waals surface area contributed by atoms with E-state index in [4.69, 9.17) is 9.47 Å². The number of rotatable bonds is 9. The first-order valence-corrected chi connectivity index (χ1v) is 10.1. The van der Waals surface area contributed by atoms with Crippen LogP contribution in [0.5, 0.6) is 5.75 Å². The van der Waals surface area contributed by atoms with Crippen LogP contribution in [0.25, 0.3) is 0 Å². The first-order valence-electron chi connectivity index (χ1n) is 10.1. The number of nitrogens with zero attached hydrogens (tertiary/aromatic N) is 1. The molecule has 0 spiro atoms. The summed E-state index contributed by atoms with van der Waals surface area (Å²) in [7, 11) is 0. The van der Waals surface area contributed by atoms with Gasteiger partial charge in [-0.2, -0.15) is 0 Å². The largest absolute Gasteiger partial charge is 0.482 e. The first kappa shape index (κ1) is 22.0. The van der Waals surface area contributed by atoms with E-state index in [0.717, 1.165) is 17.9 Å². The highest BCUT2D eigenvalue weighted by Gasteiger charge is 2.17. The van der Waals surface area contributed by atoms with Crippen molar-refractivity contribution in [1.82, 2.24) is 4.57 Å². The van der Waals surface area contributed by atoms with Gasteiger partial charge in [0.15, 0.2) is 19.0 Å². The van der Waals surface area contributed by atoms with E-state index >= 15 is 0 Å². The topological polar surface area (TPSA) is 74.6 Å². The summed E-state index contributed by atoms with van der Waals surface area (Å²) in [4.78, 5) is 36.8. The van der Waals surface area contributed by atoms with Gasteiger partial charge in [0.05, 0.1) is 0 Å². The van der Waals surface area contributed by atoms with Gasteiger partial charge < -0.3 is 14.0 Å². The fourth-order valence-electron chi connectivity index (χ4n) is 3.44. The van der Waals surface area contributed by atoms with Crippen LogP contribution in [0, 0.1) is 13.8 Å². The summed E-state index contributed by atoms with van der Waals surface area (Å²) in [6, 6.07) is 17.3. The van der Waals surface area contributed by atoms with Crippen molar-refractivity contribution in [1.29, 1.82) is 0 Å². The molecular formula is C25H25NO5. The standard InChI is InChI=1S/C25H25NO5/c1-4-26-17(2)14-22(18(26)3)23(27)15-31-24(28)16-30-21-12-10-20(11-13-21)25(29)19-8-6-5-7-9-19/h5-14H,4,15-16H2,1-3H3. The predicted octanol–water partition coefficient (Wildman–Crippen LogP) is 4.16. The lowest BCUT2D eigenvalue weighted by molar-refractivity contribution is -0.144. The number of aromatic nitrogens is 1. The Bertz CT molecular complexity index is 1080. The number of ether oxygens (including phenoxy) is 2. The van der Waals surface area contributed by atoms with Gasteiger partial charge in [-0.05, 0) is 51.1 Å².